The number of carbonyl (C=O) groups excluding carboxylic acids is 1. The highest BCUT2D eigenvalue weighted by molar-refractivity contribution is 6.00. The van der Waals surface area contributed by atoms with Crippen molar-refractivity contribution < 1.29 is 27.1 Å². The molecule has 2 aromatic rings. The van der Waals surface area contributed by atoms with E-state index in [2.05, 4.69) is 37.6 Å². The van der Waals surface area contributed by atoms with E-state index in [9.17, 15) is 22.4 Å². The Morgan fingerprint density at radius 3 is 2.06 bits per heavy atom. The van der Waals surface area contributed by atoms with Crippen LogP contribution in [0.25, 0.3) is 5.57 Å². The van der Waals surface area contributed by atoms with Crippen molar-refractivity contribution >= 4 is 11.4 Å². The van der Waals surface area contributed by atoms with Gasteiger partial charge in [-0.15, -0.1) is 0 Å². The van der Waals surface area contributed by atoms with E-state index in [-0.39, 0.29) is 39.5 Å². The molecule has 0 aliphatic heterocycles. The Morgan fingerprint density at radius 1 is 1.03 bits per heavy atom. The van der Waals surface area contributed by atoms with Crippen molar-refractivity contribution in [2.75, 3.05) is 0 Å². The molecule has 36 heavy (non-hydrogen) atoms. The molecule has 196 valence electrons. The maximum Gasteiger partial charge on any atom is 0.417 e. The van der Waals surface area contributed by atoms with Crippen LogP contribution in [0.5, 0.6) is 11.5 Å². The van der Waals surface area contributed by atoms with Crippen molar-refractivity contribution in [3.63, 3.8) is 0 Å². The summed E-state index contributed by atoms with van der Waals surface area (Å²) in [7, 11) is 0. The number of carbonyl (C=O) groups is 1. The Hall–Kier alpha value is -3.22. The van der Waals surface area contributed by atoms with Gasteiger partial charge in [0.1, 0.15) is 11.5 Å². The average molecular weight is 506 g/mol. The van der Waals surface area contributed by atoms with Crippen molar-refractivity contribution in [3.05, 3.63) is 82.0 Å². The summed E-state index contributed by atoms with van der Waals surface area (Å²) in [6.07, 6.45) is 2.38. The fraction of sp³-hybridized carbons (Fsp3) is 0.379. The second-order valence-corrected chi connectivity index (χ2v) is 8.43. The molecule has 0 spiro atoms. The Labute approximate surface area is 211 Å². The van der Waals surface area contributed by atoms with Gasteiger partial charge < -0.3 is 4.74 Å². The lowest BCUT2D eigenvalue weighted by Crippen LogP contribution is -2.13. The van der Waals surface area contributed by atoms with Gasteiger partial charge in [-0.25, -0.2) is 4.98 Å². The van der Waals surface area contributed by atoms with Gasteiger partial charge in [-0.2, -0.15) is 17.6 Å². The van der Waals surface area contributed by atoms with Crippen LogP contribution >= 0.6 is 0 Å². The summed E-state index contributed by atoms with van der Waals surface area (Å²) < 4.78 is 59.3. The number of benzene rings is 1. The number of nitrogens with zero attached hydrogens (tertiary/aromatic N) is 1. The normalized spacial score (nSPS) is 12.8. The first kappa shape index (κ1) is 30.8. The third kappa shape index (κ3) is 8.18. The fourth-order valence-corrected chi connectivity index (χ4v) is 3.87. The minimum atomic E-state index is -4.66. The predicted molar refractivity (Wildman–Crippen MR) is 138 cm³/mol. The van der Waals surface area contributed by atoms with Crippen LogP contribution in [0.2, 0.25) is 0 Å². The smallest absolute Gasteiger partial charge is 0.417 e. The van der Waals surface area contributed by atoms with Crippen LogP contribution in [-0.4, -0.2) is 10.8 Å². The summed E-state index contributed by atoms with van der Waals surface area (Å²) in [6, 6.07) is 3.04. The summed E-state index contributed by atoms with van der Waals surface area (Å²) in [4.78, 5) is 15.7. The van der Waals surface area contributed by atoms with E-state index in [1.165, 1.54) is 57.7 Å². The summed E-state index contributed by atoms with van der Waals surface area (Å²) in [5.41, 5.74) is 2.33. The molecule has 0 fully saturated rings. The molecular formula is C29H35F4NO2. The highest BCUT2D eigenvalue weighted by atomic mass is 19.4. The van der Waals surface area contributed by atoms with E-state index in [1.54, 1.807) is 0 Å². The van der Waals surface area contributed by atoms with Crippen LogP contribution in [0.1, 0.15) is 87.1 Å². The number of Topliss-reactive ketones (excluding diaryl/α,β-unsaturated/α-hetero) is 1. The van der Waals surface area contributed by atoms with Crippen LogP contribution in [0, 0.1) is 19.8 Å². The van der Waals surface area contributed by atoms with Gasteiger partial charge in [-0.05, 0) is 83.7 Å². The standard InChI is InChI=1S/C19H17F4NO2.C8H12.C2H6/c1-9(2)17-10(3)18(12(5)25)15(8-13(17)19(21,22)23)26-14-6-7-16(20)24-11(14)4;1-7-4-3-5-8(2)6-7;1-2/h6-8H,1H2,2-5H3;4,6H,3,5H2,1-2H3;1-2H3. The van der Waals surface area contributed by atoms with Gasteiger partial charge in [0, 0.05) is 0 Å². The van der Waals surface area contributed by atoms with E-state index in [4.69, 9.17) is 4.74 Å². The second-order valence-electron chi connectivity index (χ2n) is 8.43. The Bertz CT molecular complexity index is 1170. The Kier molecular flexibility index (Phi) is 11.3. The molecule has 1 aromatic carbocycles. The number of pyridine rings is 1. The number of ketones is 1. The molecule has 1 aliphatic rings. The molecule has 0 N–H and O–H groups in total. The number of hydrogen-bond donors (Lipinski definition) is 0. The maximum atomic E-state index is 13.5. The molecule has 0 bridgehead atoms. The third-order valence-corrected chi connectivity index (χ3v) is 5.33. The van der Waals surface area contributed by atoms with Gasteiger partial charge in [0.05, 0.1) is 16.8 Å². The summed E-state index contributed by atoms with van der Waals surface area (Å²) in [6.45, 7) is 17.5. The first-order valence-corrected chi connectivity index (χ1v) is 11.8. The lowest BCUT2D eigenvalue weighted by Gasteiger charge is -2.21. The number of hydrogen-bond acceptors (Lipinski definition) is 3. The number of aromatic nitrogens is 1. The van der Waals surface area contributed by atoms with Gasteiger partial charge in [0.15, 0.2) is 5.78 Å². The molecule has 0 unspecified atom stereocenters. The summed E-state index contributed by atoms with van der Waals surface area (Å²) >= 11 is 0. The molecule has 1 aliphatic carbocycles. The number of rotatable bonds is 4. The molecule has 3 nitrogen and oxygen atoms in total. The molecule has 0 radical (unpaired) electrons. The zero-order valence-corrected chi connectivity index (χ0v) is 22.3. The molecule has 0 amide bonds. The molecule has 0 atom stereocenters. The first-order valence-electron chi connectivity index (χ1n) is 11.8. The van der Waals surface area contributed by atoms with E-state index in [0.29, 0.717) is 0 Å². The fourth-order valence-electron chi connectivity index (χ4n) is 3.87. The highest BCUT2D eigenvalue weighted by Crippen LogP contribution is 2.42. The van der Waals surface area contributed by atoms with Gasteiger partial charge in [0.2, 0.25) is 5.95 Å². The van der Waals surface area contributed by atoms with Gasteiger partial charge in [0.25, 0.3) is 0 Å². The second kappa shape index (κ2) is 13.2. The van der Waals surface area contributed by atoms with Crippen molar-refractivity contribution in [3.8, 4) is 11.5 Å². The lowest BCUT2D eigenvalue weighted by molar-refractivity contribution is -0.137. The quantitative estimate of drug-likeness (QED) is 0.236. The zero-order valence-electron chi connectivity index (χ0n) is 22.3. The number of halogens is 4. The van der Waals surface area contributed by atoms with Crippen molar-refractivity contribution in [1.82, 2.24) is 4.98 Å². The Morgan fingerprint density at radius 2 is 1.64 bits per heavy atom. The number of ether oxygens (including phenoxy) is 1. The predicted octanol–water partition coefficient (Wildman–Crippen LogP) is 9.58. The van der Waals surface area contributed by atoms with E-state index in [1.807, 2.05) is 13.8 Å². The van der Waals surface area contributed by atoms with E-state index in [0.717, 1.165) is 12.1 Å². The number of alkyl halides is 3. The lowest BCUT2D eigenvalue weighted by atomic mass is 9.90. The number of allylic oxidation sites excluding steroid dienone is 5. The van der Waals surface area contributed by atoms with E-state index < -0.39 is 23.5 Å². The molecular weight excluding hydrogens is 470 g/mol. The van der Waals surface area contributed by atoms with Gasteiger partial charge in [-0.3, -0.25) is 4.79 Å². The molecule has 0 saturated heterocycles. The summed E-state index contributed by atoms with van der Waals surface area (Å²) in [5, 5.41) is 0. The summed E-state index contributed by atoms with van der Waals surface area (Å²) in [5.74, 6) is -1.40. The van der Waals surface area contributed by atoms with Crippen LogP contribution in [0.15, 0.2) is 48.1 Å². The monoisotopic (exact) mass is 505 g/mol. The maximum absolute atomic E-state index is 13.5. The molecule has 1 heterocycles. The van der Waals surface area contributed by atoms with Gasteiger partial charge in [-0.1, -0.05) is 49.3 Å². The minimum Gasteiger partial charge on any atom is -0.455 e. The van der Waals surface area contributed by atoms with E-state index >= 15 is 0 Å². The van der Waals surface area contributed by atoms with Crippen molar-refractivity contribution in [2.45, 2.75) is 74.4 Å². The number of aryl methyl sites for hydroxylation is 1. The molecule has 7 heteroatoms. The molecule has 1 aromatic heterocycles. The third-order valence-electron chi connectivity index (χ3n) is 5.33. The van der Waals surface area contributed by atoms with Crippen molar-refractivity contribution in [2.24, 2.45) is 0 Å². The Balaban J connectivity index is 0.000000543. The molecule has 0 saturated carbocycles. The molecule has 3 rings (SSSR count). The minimum absolute atomic E-state index is 0.0136. The largest absolute Gasteiger partial charge is 0.455 e. The van der Waals surface area contributed by atoms with Crippen LogP contribution in [0.4, 0.5) is 17.6 Å². The van der Waals surface area contributed by atoms with Crippen molar-refractivity contribution in [1.29, 1.82) is 0 Å². The van der Waals surface area contributed by atoms with Crippen LogP contribution in [-0.2, 0) is 6.18 Å². The average Bonchev–Trinajstić information content (AvgIpc) is 2.76. The van der Waals surface area contributed by atoms with Crippen LogP contribution < -0.4 is 4.74 Å². The van der Waals surface area contributed by atoms with Crippen LogP contribution in [0.3, 0.4) is 0 Å². The zero-order chi connectivity index (χ0) is 27.8. The highest BCUT2D eigenvalue weighted by Gasteiger charge is 2.36. The van der Waals surface area contributed by atoms with Gasteiger partial charge >= 0.3 is 6.18 Å². The first-order chi connectivity index (χ1) is 16.7. The topological polar surface area (TPSA) is 39.2 Å². The SMILES string of the molecule is C=C(C)c1c(C(F)(F)F)cc(Oc2ccc(F)nc2C)c(C(C)=O)c1C.CC.CC1=CCCC(C)=C1.